The molecule has 1 heterocycles. The molecule has 0 amide bonds. The third-order valence-corrected chi connectivity index (χ3v) is 5.90. The Balaban J connectivity index is 1.74. The fourth-order valence-corrected chi connectivity index (χ4v) is 4.73. The summed E-state index contributed by atoms with van der Waals surface area (Å²) in [5.74, 6) is -0.724. The smallest absolute Gasteiger partial charge is 0.306 e. The molecule has 2 aliphatic rings. The lowest BCUT2D eigenvalue weighted by Crippen LogP contribution is -2.42. The molecular weight excluding hydrogens is 270 g/mol. The zero-order valence-corrected chi connectivity index (χ0v) is 11.6. The lowest BCUT2D eigenvalue weighted by molar-refractivity contribution is -0.143. The Hall–Kier alpha value is -0.660. The molecule has 2 rings (SSSR count). The highest BCUT2D eigenvalue weighted by molar-refractivity contribution is 7.91. The molecule has 6 nitrogen and oxygen atoms in total. The molecule has 1 aliphatic carbocycles. The van der Waals surface area contributed by atoms with E-state index in [-0.39, 0.29) is 23.5 Å². The van der Waals surface area contributed by atoms with Crippen LogP contribution >= 0.6 is 0 Å². The minimum Gasteiger partial charge on any atom is -0.481 e. The van der Waals surface area contributed by atoms with Gasteiger partial charge in [0.25, 0.3) is 0 Å². The molecule has 1 saturated heterocycles. The molecule has 19 heavy (non-hydrogen) atoms. The van der Waals surface area contributed by atoms with Crippen molar-refractivity contribution in [3.8, 4) is 0 Å². The maximum atomic E-state index is 11.4. The van der Waals surface area contributed by atoms with E-state index in [0.717, 1.165) is 12.8 Å². The number of nitrogens with one attached hydrogen (secondary N) is 1. The topological polar surface area (TPSA) is 104 Å². The first-order valence-corrected chi connectivity index (χ1v) is 8.54. The number of carbonyl (C=O) groups is 1. The highest BCUT2D eigenvalue weighted by atomic mass is 32.2. The van der Waals surface area contributed by atoms with Crippen LogP contribution in [0.15, 0.2) is 0 Å². The quantitative estimate of drug-likeness (QED) is 0.652. The number of aliphatic carboxylic acids is 1. The second kappa shape index (κ2) is 5.76. The SMILES string of the molecule is O=C(O)C1CCC(CNC2CS(=O)(=O)CC2O)CC1. The van der Waals surface area contributed by atoms with Crippen molar-refractivity contribution in [3.63, 3.8) is 0 Å². The van der Waals surface area contributed by atoms with Crippen LogP contribution in [0.5, 0.6) is 0 Å². The summed E-state index contributed by atoms with van der Waals surface area (Å²) < 4.78 is 22.7. The van der Waals surface area contributed by atoms with Crippen LogP contribution < -0.4 is 5.32 Å². The summed E-state index contributed by atoms with van der Waals surface area (Å²) in [5, 5.41) is 21.7. The second-order valence-electron chi connectivity index (χ2n) is 5.71. The first kappa shape index (κ1) is 14.7. The van der Waals surface area contributed by atoms with Crippen molar-refractivity contribution in [2.24, 2.45) is 11.8 Å². The van der Waals surface area contributed by atoms with Crippen LogP contribution in [0.25, 0.3) is 0 Å². The first-order valence-electron chi connectivity index (χ1n) is 6.72. The number of carboxylic acid groups (broad SMARTS) is 1. The van der Waals surface area contributed by atoms with Crippen molar-refractivity contribution >= 4 is 15.8 Å². The van der Waals surface area contributed by atoms with Gasteiger partial charge in [-0.05, 0) is 38.1 Å². The van der Waals surface area contributed by atoms with Crippen molar-refractivity contribution in [1.82, 2.24) is 5.32 Å². The molecule has 7 heteroatoms. The van der Waals surface area contributed by atoms with Crippen LogP contribution in [0.3, 0.4) is 0 Å². The lowest BCUT2D eigenvalue weighted by atomic mass is 9.82. The van der Waals surface area contributed by atoms with Gasteiger partial charge in [-0.15, -0.1) is 0 Å². The summed E-state index contributed by atoms with van der Waals surface area (Å²) in [7, 11) is -3.11. The summed E-state index contributed by atoms with van der Waals surface area (Å²) in [5.41, 5.74) is 0. The first-order chi connectivity index (χ1) is 8.87. The highest BCUT2D eigenvalue weighted by Crippen LogP contribution is 2.28. The average molecular weight is 291 g/mol. The molecule has 2 fully saturated rings. The number of hydrogen-bond donors (Lipinski definition) is 3. The van der Waals surface area contributed by atoms with Gasteiger partial charge < -0.3 is 15.5 Å². The zero-order chi connectivity index (χ0) is 14.0. The molecule has 3 N–H and O–H groups in total. The van der Waals surface area contributed by atoms with Crippen LogP contribution in [-0.2, 0) is 14.6 Å². The van der Waals surface area contributed by atoms with E-state index in [1.807, 2.05) is 0 Å². The van der Waals surface area contributed by atoms with Crippen molar-refractivity contribution in [2.45, 2.75) is 37.8 Å². The Morgan fingerprint density at radius 3 is 2.26 bits per heavy atom. The van der Waals surface area contributed by atoms with Gasteiger partial charge in [-0.1, -0.05) is 0 Å². The fourth-order valence-electron chi connectivity index (χ4n) is 2.96. The van der Waals surface area contributed by atoms with E-state index in [9.17, 15) is 18.3 Å². The number of hydrogen-bond acceptors (Lipinski definition) is 5. The van der Waals surface area contributed by atoms with Crippen LogP contribution in [0.1, 0.15) is 25.7 Å². The number of aliphatic hydroxyl groups is 1. The predicted octanol–water partition coefficient (Wildman–Crippen LogP) is -0.375. The van der Waals surface area contributed by atoms with Crippen LogP contribution in [-0.4, -0.2) is 54.8 Å². The maximum Gasteiger partial charge on any atom is 0.306 e. The van der Waals surface area contributed by atoms with Crippen LogP contribution in [0.4, 0.5) is 0 Å². The Morgan fingerprint density at radius 2 is 1.79 bits per heavy atom. The fraction of sp³-hybridized carbons (Fsp3) is 0.917. The number of aliphatic hydroxyl groups excluding tert-OH is 1. The van der Waals surface area contributed by atoms with Gasteiger partial charge in [0.15, 0.2) is 9.84 Å². The third kappa shape index (κ3) is 3.90. The van der Waals surface area contributed by atoms with Gasteiger partial charge in [-0.2, -0.15) is 0 Å². The van der Waals surface area contributed by atoms with Crippen LogP contribution in [0.2, 0.25) is 0 Å². The summed E-state index contributed by atoms with van der Waals surface area (Å²) in [6, 6.07) is -0.373. The standard InChI is InChI=1S/C12H21NO5S/c14-11-7-19(17,18)6-10(11)13-5-8-1-3-9(4-2-8)12(15)16/h8-11,13-14H,1-7H2,(H,15,16). The Morgan fingerprint density at radius 1 is 1.16 bits per heavy atom. The van der Waals surface area contributed by atoms with Crippen molar-refractivity contribution < 1.29 is 23.4 Å². The van der Waals surface area contributed by atoms with Gasteiger partial charge in [0, 0.05) is 6.04 Å². The van der Waals surface area contributed by atoms with Crippen molar-refractivity contribution in [3.05, 3.63) is 0 Å². The van der Waals surface area contributed by atoms with Crippen molar-refractivity contribution in [2.75, 3.05) is 18.1 Å². The molecule has 2 unspecified atom stereocenters. The van der Waals surface area contributed by atoms with E-state index in [4.69, 9.17) is 5.11 Å². The van der Waals surface area contributed by atoms with Gasteiger partial charge in [0.2, 0.25) is 0 Å². The molecule has 110 valence electrons. The second-order valence-corrected chi connectivity index (χ2v) is 7.87. The average Bonchev–Trinajstić information content (AvgIpc) is 2.60. The van der Waals surface area contributed by atoms with E-state index in [1.165, 1.54) is 0 Å². The lowest BCUT2D eigenvalue weighted by Gasteiger charge is -2.27. The molecular formula is C12H21NO5S. The largest absolute Gasteiger partial charge is 0.481 e. The minimum absolute atomic E-state index is 0.00135. The predicted molar refractivity (Wildman–Crippen MR) is 69.5 cm³/mol. The van der Waals surface area contributed by atoms with Gasteiger partial charge >= 0.3 is 5.97 Å². The van der Waals surface area contributed by atoms with Crippen LogP contribution in [0, 0.1) is 11.8 Å². The van der Waals surface area contributed by atoms with Gasteiger partial charge in [0.05, 0.1) is 23.5 Å². The summed E-state index contributed by atoms with van der Waals surface area (Å²) >= 11 is 0. The van der Waals surface area contributed by atoms with E-state index in [1.54, 1.807) is 0 Å². The monoisotopic (exact) mass is 291 g/mol. The molecule has 0 radical (unpaired) electrons. The van der Waals surface area contributed by atoms with E-state index in [2.05, 4.69) is 5.32 Å². The molecule has 2 atom stereocenters. The van der Waals surface area contributed by atoms with Crippen molar-refractivity contribution in [1.29, 1.82) is 0 Å². The minimum atomic E-state index is -3.11. The van der Waals surface area contributed by atoms with E-state index >= 15 is 0 Å². The number of rotatable bonds is 4. The summed E-state index contributed by atoms with van der Waals surface area (Å²) in [6.45, 7) is 0.656. The molecule has 0 spiro atoms. The van der Waals surface area contributed by atoms with E-state index in [0.29, 0.717) is 25.3 Å². The number of sulfone groups is 1. The van der Waals surface area contributed by atoms with E-state index < -0.39 is 21.9 Å². The van der Waals surface area contributed by atoms with Gasteiger partial charge in [-0.25, -0.2) is 8.42 Å². The molecule has 0 aromatic carbocycles. The Kier molecular flexibility index (Phi) is 4.47. The Labute approximate surface area is 113 Å². The van der Waals surface area contributed by atoms with Gasteiger partial charge in [0.1, 0.15) is 0 Å². The Bertz CT molecular complexity index is 427. The highest BCUT2D eigenvalue weighted by Gasteiger charge is 2.36. The van der Waals surface area contributed by atoms with Gasteiger partial charge in [-0.3, -0.25) is 4.79 Å². The molecule has 0 aromatic heterocycles. The summed E-state index contributed by atoms with van der Waals surface area (Å²) in [4.78, 5) is 10.8. The molecule has 1 aliphatic heterocycles. The third-order valence-electron chi connectivity index (χ3n) is 4.19. The number of carboxylic acids is 1. The molecule has 1 saturated carbocycles. The normalized spacial score (nSPS) is 38.2. The molecule has 0 bridgehead atoms. The zero-order valence-electron chi connectivity index (χ0n) is 10.8. The summed E-state index contributed by atoms with van der Waals surface area (Å²) in [6.07, 6.45) is 2.25. The maximum absolute atomic E-state index is 11.4. The molecule has 0 aromatic rings.